The Morgan fingerprint density at radius 2 is 2.00 bits per heavy atom. The van der Waals surface area contributed by atoms with Gasteiger partial charge in [-0.15, -0.1) is 0 Å². The summed E-state index contributed by atoms with van der Waals surface area (Å²) in [4.78, 5) is 0. The quantitative estimate of drug-likeness (QED) is 0.828. The summed E-state index contributed by atoms with van der Waals surface area (Å²) in [5.74, 6) is 0. The van der Waals surface area contributed by atoms with Gasteiger partial charge in [-0.25, -0.2) is 0 Å². The van der Waals surface area contributed by atoms with Gasteiger partial charge in [0.2, 0.25) is 0 Å². The highest BCUT2D eigenvalue weighted by molar-refractivity contribution is 7.87. The fraction of sp³-hybridized carbons (Fsp3) is 1.00. The summed E-state index contributed by atoms with van der Waals surface area (Å²) < 4.78 is 29.7. The molecule has 1 aliphatic carbocycles. The fourth-order valence-electron chi connectivity index (χ4n) is 3.60. The monoisotopic (exact) mass is 303 g/mol. The van der Waals surface area contributed by atoms with Crippen LogP contribution in [0.15, 0.2) is 0 Å². The Morgan fingerprint density at radius 3 is 2.65 bits per heavy atom. The number of hydrogen-bond donors (Lipinski definition) is 2. The molecule has 0 aromatic rings. The van der Waals surface area contributed by atoms with Crippen LogP contribution in [0.3, 0.4) is 0 Å². The fourth-order valence-corrected chi connectivity index (χ4v) is 5.31. The molecule has 2 aliphatic rings. The number of hydrogen-bond acceptors (Lipinski definition) is 3. The molecule has 0 radical (unpaired) electrons. The molecule has 6 heteroatoms. The first-order chi connectivity index (χ1) is 9.34. The summed E-state index contributed by atoms with van der Waals surface area (Å²) >= 11 is 0. The van der Waals surface area contributed by atoms with E-state index in [4.69, 9.17) is 5.73 Å². The summed E-state index contributed by atoms with van der Waals surface area (Å²) in [6.07, 6.45) is 7.05. The first-order valence-electron chi connectivity index (χ1n) is 7.83. The van der Waals surface area contributed by atoms with E-state index in [-0.39, 0.29) is 17.5 Å². The van der Waals surface area contributed by atoms with Crippen LogP contribution in [0.1, 0.15) is 58.8 Å². The molecule has 1 heterocycles. The Hall–Kier alpha value is -0.170. The molecule has 20 heavy (non-hydrogen) atoms. The van der Waals surface area contributed by atoms with E-state index in [9.17, 15) is 8.42 Å². The average molecular weight is 303 g/mol. The lowest BCUT2D eigenvalue weighted by Gasteiger charge is -2.38. The number of nitrogens with two attached hydrogens (primary N) is 1. The second-order valence-electron chi connectivity index (χ2n) is 7.08. The maximum Gasteiger partial charge on any atom is 0.279 e. The smallest absolute Gasteiger partial charge is 0.279 e. The molecule has 1 aliphatic heterocycles. The topological polar surface area (TPSA) is 75.4 Å². The van der Waals surface area contributed by atoms with Gasteiger partial charge in [-0.2, -0.15) is 17.4 Å². The zero-order chi connectivity index (χ0) is 14.8. The highest BCUT2D eigenvalue weighted by atomic mass is 32.2. The van der Waals surface area contributed by atoms with Crippen molar-refractivity contribution >= 4 is 10.2 Å². The molecule has 0 bridgehead atoms. The minimum absolute atomic E-state index is 0.0298. The second-order valence-corrected chi connectivity index (χ2v) is 8.73. The maximum atomic E-state index is 12.6. The highest BCUT2D eigenvalue weighted by Crippen LogP contribution is 2.35. The molecule has 2 rings (SSSR count). The van der Waals surface area contributed by atoms with Crippen LogP contribution in [0.4, 0.5) is 0 Å². The van der Waals surface area contributed by atoms with Crippen LogP contribution in [0.5, 0.6) is 0 Å². The summed E-state index contributed by atoms with van der Waals surface area (Å²) in [6.45, 7) is 5.46. The highest BCUT2D eigenvalue weighted by Gasteiger charge is 2.35. The molecule has 1 saturated carbocycles. The number of rotatable bonds is 4. The summed E-state index contributed by atoms with van der Waals surface area (Å²) in [5, 5.41) is 0. The molecular weight excluding hydrogens is 274 g/mol. The van der Waals surface area contributed by atoms with Crippen LogP contribution in [-0.4, -0.2) is 37.9 Å². The normalized spacial score (nSPS) is 32.1. The van der Waals surface area contributed by atoms with Crippen LogP contribution >= 0.6 is 0 Å². The number of nitrogens with zero attached hydrogens (tertiary/aromatic N) is 1. The molecule has 0 aromatic heterocycles. The van der Waals surface area contributed by atoms with Crippen molar-refractivity contribution in [3.8, 4) is 0 Å². The molecule has 5 nitrogen and oxygen atoms in total. The van der Waals surface area contributed by atoms with Crippen LogP contribution in [0.2, 0.25) is 0 Å². The summed E-state index contributed by atoms with van der Waals surface area (Å²) in [6, 6.07) is 0.0435. The van der Waals surface area contributed by atoms with Gasteiger partial charge in [0.15, 0.2) is 0 Å². The Balaban J connectivity index is 2.02. The third kappa shape index (κ3) is 3.93. The van der Waals surface area contributed by atoms with Crippen LogP contribution < -0.4 is 10.5 Å². The SMILES string of the molecule is CC1(C)CCCC(NS(=O)(=O)N2CCCCC2CN)C1. The van der Waals surface area contributed by atoms with E-state index in [1.54, 1.807) is 4.31 Å². The van der Waals surface area contributed by atoms with Crippen LogP contribution in [-0.2, 0) is 10.2 Å². The predicted molar refractivity (Wildman–Crippen MR) is 81.5 cm³/mol. The van der Waals surface area contributed by atoms with Gasteiger partial charge < -0.3 is 5.73 Å². The van der Waals surface area contributed by atoms with Crippen LogP contribution in [0, 0.1) is 5.41 Å². The van der Waals surface area contributed by atoms with Gasteiger partial charge in [0.25, 0.3) is 10.2 Å². The standard InChI is InChI=1S/C14H29N3O2S/c1-14(2)8-5-6-12(10-14)16-20(18,19)17-9-4-3-7-13(17)11-15/h12-13,16H,3-11,15H2,1-2H3. The van der Waals surface area contributed by atoms with Crippen molar-refractivity contribution < 1.29 is 8.42 Å². The van der Waals surface area contributed by atoms with Gasteiger partial charge in [-0.3, -0.25) is 0 Å². The zero-order valence-corrected chi connectivity index (χ0v) is 13.6. The molecule has 118 valence electrons. The molecule has 0 spiro atoms. The van der Waals surface area contributed by atoms with Crippen molar-refractivity contribution in [2.24, 2.45) is 11.1 Å². The molecule has 2 atom stereocenters. The van der Waals surface area contributed by atoms with E-state index in [2.05, 4.69) is 18.6 Å². The first kappa shape index (κ1) is 16.2. The van der Waals surface area contributed by atoms with Crippen molar-refractivity contribution in [3.05, 3.63) is 0 Å². The van der Waals surface area contributed by atoms with Gasteiger partial charge in [-0.05, 0) is 37.5 Å². The van der Waals surface area contributed by atoms with E-state index < -0.39 is 10.2 Å². The second kappa shape index (κ2) is 6.30. The van der Waals surface area contributed by atoms with E-state index in [0.717, 1.165) is 38.5 Å². The van der Waals surface area contributed by atoms with Crippen molar-refractivity contribution in [1.82, 2.24) is 9.03 Å². The zero-order valence-electron chi connectivity index (χ0n) is 12.8. The lowest BCUT2D eigenvalue weighted by Crippen LogP contribution is -2.54. The lowest BCUT2D eigenvalue weighted by atomic mass is 9.75. The summed E-state index contributed by atoms with van der Waals surface area (Å²) in [5.41, 5.74) is 5.97. The lowest BCUT2D eigenvalue weighted by molar-refractivity contribution is 0.205. The van der Waals surface area contributed by atoms with Crippen LogP contribution in [0.25, 0.3) is 0 Å². The maximum absolute atomic E-state index is 12.6. The molecule has 0 aromatic carbocycles. The van der Waals surface area contributed by atoms with Gasteiger partial charge in [-0.1, -0.05) is 26.7 Å². The molecule has 1 saturated heterocycles. The molecule has 0 amide bonds. The molecule has 2 fully saturated rings. The third-order valence-corrected chi connectivity index (χ3v) is 6.40. The average Bonchev–Trinajstić information content (AvgIpc) is 2.37. The molecular formula is C14H29N3O2S. The Morgan fingerprint density at radius 1 is 1.25 bits per heavy atom. The van der Waals surface area contributed by atoms with Gasteiger partial charge >= 0.3 is 0 Å². The minimum atomic E-state index is -3.39. The molecule has 2 unspecified atom stereocenters. The Bertz CT molecular complexity index is 422. The van der Waals surface area contributed by atoms with Gasteiger partial charge in [0.05, 0.1) is 0 Å². The Kier molecular flexibility index (Phi) is 5.10. The molecule has 3 N–H and O–H groups in total. The Labute approximate surface area is 123 Å². The van der Waals surface area contributed by atoms with E-state index in [1.165, 1.54) is 6.42 Å². The van der Waals surface area contributed by atoms with Crippen molar-refractivity contribution in [1.29, 1.82) is 0 Å². The number of piperidine rings is 1. The first-order valence-corrected chi connectivity index (χ1v) is 9.27. The number of nitrogens with one attached hydrogen (secondary N) is 1. The largest absolute Gasteiger partial charge is 0.329 e. The summed E-state index contributed by atoms with van der Waals surface area (Å²) in [7, 11) is -3.39. The van der Waals surface area contributed by atoms with Gasteiger partial charge in [0.1, 0.15) is 0 Å². The minimum Gasteiger partial charge on any atom is -0.329 e. The van der Waals surface area contributed by atoms with E-state index >= 15 is 0 Å². The van der Waals surface area contributed by atoms with Crippen molar-refractivity contribution in [2.45, 2.75) is 70.9 Å². The van der Waals surface area contributed by atoms with Crippen molar-refractivity contribution in [2.75, 3.05) is 13.1 Å². The van der Waals surface area contributed by atoms with Crippen molar-refractivity contribution in [3.63, 3.8) is 0 Å². The van der Waals surface area contributed by atoms with Gasteiger partial charge in [0, 0.05) is 25.2 Å². The predicted octanol–water partition coefficient (Wildman–Crippen LogP) is 1.60. The van der Waals surface area contributed by atoms with E-state index in [0.29, 0.717) is 13.1 Å². The third-order valence-electron chi connectivity index (χ3n) is 4.67. The van der Waals surface area contributed by atoms with E-state index in [1.807, 2.05) is 0 Å².